The van der Waals surface area contributed by atoms with Crippen LogP contribution in [0.1, 0.15) is 542 Å². The van der Waals surface area contributed by atoms with E-state index in [1.165, 1.54) is 444 Å². The Labute approximate surface area is 717 Å². The molecule has 0 aliphatic heterocycles. The molecule has 4 aliphatic carbocycles. The zero-order chi connectivity index (χ0) is 82.8. The van der Waals surface area contributed by atoms with Crippen molar-refractivity contribution < 1.29 is 24.3 Å². The first-order valence-electron chi connectivity index (χ1n) is 52.7. The highest BCUT2D eigenvalue weighted by Gasteiger charge is 2.75. The van der Waals surface area contributed by atoms with Gasteiger partial charge in [-0.05, 0) is 174 Å². The van der Waals surface area contributed by atoms with E-state index in [4.69, 9.17) is 0 Å². The Morgan fingerprint density at radius 2 is 0.313 bits per heavy atom. The van der Waals surface area contributed by atoms with Crippen molar-refractivity contribution in [3.05, 3.63) is 0 Å². The number of hydrogen-bond donors (Lipinski definition) is 4. The summed E-state index contributed by atoms with van der Waals surface area (Å²) in [4.78, 5) is 68.2. The molecule has 3 amide bonds. The summed E-state index contributed by atoms with van der Waals surface area (Å²) >= 11 is 0. The van der Waals surface area contributed by atoms with Crippen LogP contribution < -0.4 is 16.0 Å². The number of carbonyl (C=O) groups is 4. The monoisotopic (exact) mass is 1620 g/mol. The summed E-state index contributed by atoms with van der Waals surface area (Å²) < 4.78 is 0. The molecule has 4 saturated carbocycles. The van der Waals surface area contributed by atoms with Gasteiger partial charge in [-0.15, -0.1) is 0 Å². The summed E-state index contributed by atoms with van der Waals surface area (Å²) in [6.07, 6.45) is 96.2. The number of nitrogens with one attached hydrogen (secondary N) is 3. The molecule has 0 spiro atoms. The van der Waals surface area contributed by atoms with Crippen LogP contribution in [-0.4, -0.2) is 122 Å². The van der Waals surface area contributed by atoms with Crippen molar-refractivity contribution in [1.82, 2.24) is 30.7 Å². The molecule has 0 radical (unpaired) electrons. The number of aliphatic carboxylic acids is 1. The van der Waals surface area contributed by atoms with Gasteiger partial charge in [0.05, 0.1) is 21.7 Å². The highest BCUT2D eigenvalue weighted by molar-refractivity contribution is 5.95. The molecule has 11 heteroatoms. The van der Waals surface area contributed by atoms with E-state index in [9.17, 15) is 9.90 Å². The molecule has 4 rings (SSSR count). The molecule has 678 valence electrons. The van der Waals surface area contributed by atoms with Crippen molar-refractivity contribution in [2.75, 3.05) is 78.5 Å². The first kappa shape index (κ1) is 107. The van der Waals surface area contributed by atoms with Gasteiger partial charge in [0.15, 0.2) is 0 Å². The Balaban J connectivity index is 1.69. The van der Waals surface area contributed by atoms with E-state index in [0.29, 0.717) is 38.9 Å². The van der Waals surface area contributed by atoms with Crippen LogP contribution in [-0.2, 0) is 19.2 Å². The van der Waals surface area contributed by atoms with Gasteiger partial charge in [-0.2, -0.15) is 0 Å². The van der Waals surface area contributed by atoms with Crippen LogP contribution in [0.4, 0.5) is 0 Å². The summed E-state index contributed by atoms with van der Waals surface area (Å²) in [6.45, 7) is 26.1. The number of amides is 3. The summed E-state index contributed by atoms with van der Waals surface area (Å²) in [6, 6.07) is 0. The third-order valence-corrected chi connectivity index (χ3v) is 28.0. The largest absolute Gasteiger partial charge is 0.481 e. The van der Waals surface area contributed by atoms with E-state index < -0.39 is 27.6 Å². The molecule has 0 atom stereocenters. The lowest BCUT2D eigenvalue weighted by Gasteiger charge is -2.67. The molecule has 4 bridgehead atoms. The second kappa shape index (κ2) is 74.4. The summed E-state index contributed by atoms with van der Waals surface area (Å²) in [5.41, 5.74) is -4.64. The quantitative estimate of drug-likeness (QED) is 0.0443. The molecular weight excluding hydrogens is 1410 g/mol. The van der Waals surface area contributed by atoms with E-state index in [1.807, 2.05) is 0 Å². The Kier molecular flexibility index (Phi) is 69.2. The van der Waals surface area contributed by atoms with Gasteiger partial charge in [0.25, 0.3) is 0 Å². The average Bonchev–Trinajstić information content (AvgIpc) is 0.673. The number of unbranched alkanes of at least 4 members (excludes halogenated alkanes) is 63. The van der Waals surface area contributed by atoms with Gasteiger partial charge >= 0.3 is 5.97 Å². The maximum absolute atomic E-state index is 15.3. The molecule has 4 fully saturated rings. The van der Waals surface area contributed by atoms with Crippen molar-refractivity contribution >= 4 is 23.7 Å². The number of carbonyl (C=O) groups excluding carboxylic acids is 3. The van der Waals surface area contributed by atoms with Crippen molar-refractivity contribution in [2.45, 2.75) is 542 Å². The van der Waals surface area contributed by atoms with Gasteiger partial charge in [0.2, 0.25) is 17.7 Å². The van der Waals surface area contributed by atoms with Gasteiger partial charge in [0.1, 0.15) is 0 Å². The van der Waals surface area contributed by atoms with Crippen LogP contribution in [0.3, 0.4) is 0 Å². The minimum absolute atomic E-state index is 0.128. The second-order valence-corrected chi connectivity index (χ2v) is 39.1. The Morgan fingerprint density at radius 3 is 0.452 bits per heavy atom. The lowest BCUT2D eigenvalue weighted by Crippen LogP contribution is -2.71. The van der Waals surface area contributed by atoms with Crippen LogP contribution in [0.5, 0.6) is 0 Å². The van der Waals surface area contributed by atoms with Gasteiger partial charge in [-0.3, -0.25) is 19.2 Å². The lowest BCUT2D eigenvalue weighted by atomic mass is 9.34. The van der Waals surface area contributed by atoms with Crippen molar-refractivity contribution in [2.24, 2.45) is 21.7 Å². The fourth-order valence-electron chi connectivity index (χ4n) is 21.1. The molecule has 0 aromatic rings. The number of carboxylic acids is 1. The fraction of sp³-hybridized carbons (Fsp3) is 0.962. The standard InChI is InChI=1S/C104H202N6O5/c1-7-13-19-25-31-37-43-49-58-70-82-108(83-71-59-50-44-38-32-26-20-14-8-2)88-76-64-55-67-79-105-97(111)101-91-102(98(112)106-80-68-56-65-77-89-109(84-72-60-51-45-39-33-27-21-15-9-3)85-73-61-52-46-40-34-28-22-16-10-4)93-103(92-101,96-104(94-101,95-102)100(114)115)99(113)107-81-69-57-66-78-90-110(86-74-62-53-47-41-35-29-23-17-11-5)87-75-63-54-48-42-36-30-24-18-12-6/h7-96H2,1-6H3,(H,105,111)(H,106,112)(H,107,113)(H,114,115). The number of rotatable bonds is 91. The summed E-state index contributed by atoms with van der Waals surface area (Å²) in [5, 5.41) is 21.7. The summed E-state index contributed by atoms with van der Waals surface area (Å²) in [7, 11) is 0. The van der Waals surface area contributed by atoms with Gasteiger partial charge < -0.3 is 35.8 Å². The normalized spacial score (nSPS) is 18.5. The Bertz CT molecular complexity index is 1900. The highest BCUT2D eigenvalue weighted by atomic mass is 16.4. The molecule has 0 unspecified atom stereocenters. The van der Waals surface area contributed by atoms with Gasteiger partial charge in [-0.25, -0.2) is 0 Å². The second-order valence-electron chi connectivity index (χ2n) is 39.1. The third-order valence-electron chi connectivity index (χ3n) is 28.0. The molecular formula is C104H202N6O5. The average molecular weight is 1620 g/mol. The van der Waals surface area contributed by atoms with Crippen LogP contribution in [0.25, 0.3) is 0 Å². The number of nitrogens with zero attached hydrogens (tertiary/aromatic N) is 3. The van der Waals surface area contributed by atoms with Crippen LogP contribution in [0.2, 0.25) is 0 Å². The van der Waals surface area contributed by atoms with Crippen molar-refractivity contribution in [1.29, 1.82) is 0 Å². The maximum atomic E-state index is 15.3. The Hall–Kier alpha value is -2.24. The minimum atomic E-state index is -1.32. The van der Waals surface area contributed by atoms with E-state index in [-0.39, 0.29) is 37.0 Å². The number of carboxylic acid groups (broad SMARTS) is 1. The zero-order valence-corrected chi connectivity index (χ0v) is 78.6. The molecule has 0 saturated heterocycles. The van der Waals surface area contributed by atoms with E-state index >= 15 is 14.4 Å². The van der Waals surface area contributed by atoms with Gasteiger partial charge in [0, 0.05) is 19.6 Å². The Morgan fingerprint density at radius 1 is 0.191 bits per heavy atom. The molecule has 0 aromatic heterocycles. The predicted octanol–water partition coefficient (Wildman–Crippen LogP) is 29.9. The van der Waals surface area contributed by atoms with Crippen LogP contribution >= 0.6 is 0 Å². The SMILES string of the molecule is CCCCCCCCCCCCN(CCCCCCCCCCCC)CCCCCCNC(=O)C12CC3(C(=O)O)CC(C(=O)NCCCCCCN(CCCCCCCCCCCC)CCCCCCCCCCCC)(C1)CC(C(=O)NCCCCCCN(CCCCCCCCCCCC)CCCCCCCCCCCC)(C3)C2. The lowest BCUT2D eigenvalue weighted by molar-refractivity contribution is -0.214. The third kappa shape index (κ3) is 52.8. The molecule has 4 aliphatic rings. The molecule has 0 aromatic carbocycles. The zero-order valence-electron chi connectivity index (χ0n) is 78.6. The molecule has 115 heavy (non-hydrogen) atoms. The molecule has 0 heterocycles. The van der Waals surface area contributed by atoms with Crippen molar-refractivity contribution in [3.8, 4) is 0 Å². The number of hydrogen-bond acceptors (Lipinski definition) is 7. The van der Waals surface area contributed by atoms with E-state index in [2.05, 4.69) is 72.2 Å². The predicted molar refractivity (Wildman–Crippen MR) is 500 cm³/mol. The first-order valence-corrected chi connectivity index (χ1v) is 52.7. The van der Waals surface area contributed by atoms with E-state index in [0.717, 1.165) is 77.4 Å². The topological polar surface area (TPSA) is 134 Å². The van der Waals surface area contributed by atoms with Crippen molar-refractivity contribution in [3.63, 3.8) is 0 Å². The maximum Gasteiger partial charge on any atom is 0.309 e. The molecule has 11 nitrogen and oxygen atoms in total. The van der Waals surface area contributed by atoms with Crippen LogP contribution in [0, 0.1) is 21.7 Å². The highest BCUT2D eigenvalue weighted by Crippen LogP contribution is 2.74. The fourth-order valence-corrected chi connectivity index (χ4v) is 21.1. The smallest absolute Gasteiger partial charge is 0.309 e. The van der Waals surface area contributed by atoms with Gasteiger partial charge in [-0.1, -0.05) is 427 Å². The van der Waals surface area contributed by atoms with E-state index in [1.54, 1.807) is 0 Å². The molecule has 4 N–H and O–H groups in total. The minimum Gasteiger partial charge on any atom is -0.481 e. The first-order chi connectivity index (χ1) is 56.4. The summed E-state index contributed by atoms with van der Waals surface area (Å²) in [5.74, 6) is -1.33. The van der Waals surface area contributed by atoms with Crippen LogP contribution in [0.15, 0.2) is 0 Å².